The van der Waals surface area contributed by atoms with E-state index in [0.717, 1.165) is 21.1 Å². The van der Waals surface area contributed by atoms with Crippen LogP contribution in [0.4, 0.5) is 5.69 Å². The molecule has 3 aromatic rings. The SMILES string of the molecule is O=C1Nc2ccc(Br)cc2C1c1nc(Cl)nc2ncccc12. The number of carbonyl (C=O) groups excluding carboxylic acids is 1. The zero-order valence-electron chi connectivity index (χ0n) is 11.0. The minimum absolute atomic E-state index is 0.0810. The number of pyridine rings is 1. The van der Waals surface area contributed by atoms with Crippen LogP contribution in [-0.4, -0.2) is 20.9 Å². The highest BCUT2D eigenvalue weighted by molar-refractivity contribution is 9.10. The molecule has 108 valence electrons. The van der Waals surface area contributed by atoms with Gasteiger partial charge < -0.3 is 5.32 Å². The van der Waals surface area contributed by atoms with Gasteiger partial charge in [0.15, 0.2) is 5.65 Å². The molecule has 0 bridgehead atoms. The second kappa shape index (κ2) is 5.00. The number of nitrogens with one attached hydrogen (secondary N) is 1. The lowest BCUT2D eigenvalue weighted by molar-refractivity contribution is -0.116. The number of fused-ring (bicyclic) bond motifs is 2. The molecular weight excluding hydrogens is 368 g/mol. The third-order valence-electron chi connectivity index (χ3n) is 3.59. The minimum Gasteiger partial charge on any atom is -0.325 e. The van der Waals surface area contributed by atoms with Crippen molar-refractivity contribution in [3.05, 3.63) is 57.5 Å². The quantitative estimate of drug-likeness (QED) is 0.661. The molecule has 2 aromatic heterocycles. The zero-order valence-corrected chi connectivity index (χ0v) is 13.4. The average molecular weight is 376 g/mol. The lowest BCUT2D eigenvalue weighted by Gasteiger charge is -2.11. The van der Waals surface area contributed by atoms with Gasteiger partial charge in [-0.05, 0) is 47.5 Å². The lowest BCUT2D eigenvalue weighted by atomic mass is 9.95. The predicted molar refractivity (Wildman–Crippen MR) is 87.0 cm³/mol. The fraction of sp³-hybridized carbons (Fsp3) is 0.0667. The molecule has 1 unspecified atom stereocenters. The normalized spacial score (nSPS) is 16.6. The average Bonchev–Trinajstić information content (AvgIpc) is 2.81. The summed E-state index contributed by atoms with van der Waals surface area (Å²) in [5, 5.41) is 3.68. The summed E-state index contributed by atoms with van der Waals surface area (Å²) in [7, 11) is 0. The number of nitrogens with zero attached hydrogens (tertiary/aromatic N) is 3. The number of hydrogen-bond donors (Lipinski definition) is 1. The second-order valence-electron chi connectivity index (χ2n) is 4.91. The van der Waals surface area contributed by atoms with Crippen LogP contribution in [0.3, 0.4) is 0 Å². The van der Waals surface area contributed by atoms with Crippen molar-refractivity contribution in [1.82, 2.24) is 15.0 Å². The smallest absolute Gasteiger partial charge is 0.238 e. The summed E-state index contributed by atoms with van der Waals surface area (Å²) in [6.07, 6.45) is 1.63. The van der Waals surface area contributed by atoms with E-state index < -0.39 is 5.92 Å². The van der Waals surface area contributed by atoms with Crippen molar-refractivity contribution >= 4 is 50.2 Å². The molecule has 0 spiro atoms. The van der Waals surface area contributed by atoms with Crippen molar-refractivity contribution in [2.75, 3.05) is 5.32 Å². The van der Waals surface area contributed by atoms with Crippen molar-refractivity contribution < 1.29 is 4.79 Å². The molecule has 4 rings (SSSR count). The molecule has 1 N–H and O–H groups in total. The first kappa shape index (κ1) is 13.6. The molecule has 1 atom stereocenters. The molecule has 0 saturated heterocycles. The highest BCUT2D eigenvalue weighted by Crippen LogP contribution is 2.40. The van der Waals surface area contributed by atoms with Crippen LogP contribution in [0.25, 0.3) is 11.0 Å². The molecule has 5 nitrogen and oxygen atoms in total. The van der Waals surface area contributed by atoms with Crippen molar-refractivity contribution in [3.8, 4) is 0 Å². The van der Waals surface area contributed by atoms with Crippen LogP contribution in [0, 0.1) is 0 Å². The van der Waals surface area contributed by atoms with Gasteiger partial charge in [-0.25, -0.2) is 9.97 Å². The van der Waals surface area contributed by atoms with Gasteiger partial charge in [-0.1, -0.05) is 15.9 Å². The molecule has 1 aliphatic rings. The Morgan fingerprint density at radius 2 is 2.09 bits per heavy atom. The molecule has 0 fully saturated rings. The van der Waals surface area contributed by atoms with Gasteiger partial charge in [0.1, 0.15) is 5.92 Å². The van der Waals surface area contributed by atoms with E-state index in [1.807, 2.05) is 24.3 Å². The van der Waals surface area contributed by atoms with Gasteiger partial charge in [0, 0.05) is 21.7 Å². The molecule has 0 saturated carbocycles. The topological polar surface area (TPSA) is 67.8 Å². The Labute approximate surface area is 138 Å². The number of hydrogen-bond acceptors (Lipinski definition) is 4. The van der Waals surface area contributed by atoms with Gasteiger partial charge in [0.05, 0.1) is 5.69 Å². The first-order chi connectivity index (χ1) is 10.6. The van der Waals surface area contributed by atoms with Crippen molar-refractivity contribution in [1.29, 1.82) is 0 Å². The number of amides is 1. The van der Waals surface area contributed by atoms with E-state index in [0.29, 0.717) is 11.3 Å². The number of rotatable bonds is 1. The molecule has 0 aliphatic carbocycles. The van der Waals surface area contributed by atoms with Crippen LogP contribution in [0.1, 0.15) is 17.2 Å². The van der Waals surface area contributed by atoms with Crippen molar-refractivity contribution in [2.45, 2.75) is 5.92 Å². The predicted octanol–water partition coefficient (Wildman–Crippen LogP) is 3.52. The number of anilines is 1. The first-order valence-electron chi connectivity index (χ1n) is 6.52. The number of carbonyl (C=O) groups is 1. The monoisotopic (exact) mass is 374 g/mol. The number of halogens is 2. The van der Waals surface area contributed by atoms with E-state index in [1.165, 1.54) is 0 Å². The Kier molecular flexibility index (Phi) is 3.09. The second-order valence-corrected chi connectivity index (χ2v) is 6.16. The maximum atomic E-state index is 12.4. The summed E-state index contributed by atoms with van der Waals surface area (Å²) in [6, 6.07) is 9.29. The first-order valence-corrected chi connectivity index (χ1v) is 7.69. The van der Waals surface area contributed by atoms with Crippen molar-refractivity contribution in [2.24, 2.45) is 0 Å². The summed E-state index contributed by atoms with van der Waals surface area (Å²) < 4.78 is 0.898. The number of benzene rings is 1. The van der Waals surface area contributed by atoms with E-state index in [2.05, 4.69) is 36.2 Å². The summed E-state index contributed by atoms with van der Waals surface area (Å²) in [5.74, 6) is -0.660. The summed E-state index contributed by atoms with van der Waals surface area (Å²) in [4.78, 5) is 25.1. The van der Waals surface area contributed by atoms with Gasteiger partial charge in [0.2, 0.25) is 11.2 Å². The Hall–Kier alpha value is -2.05. The molecule has 7 heteroatoms. The van der Waals surface area contributed by atoms with Gasteiger partial charge in [-0.2, -0.15) is 4.98 Å². The molecule has 1 aromatic carbocycles. The third kappa shape index (κ3) is 2.07. The maximum Gasteiger partial charge on any atom is 0.238 e. The van der Waals surface area contributed by atoms with Crippen LogP contribution < -0.4 is 5.32 Å². The van der Waals surface area contributed by atoms with E-state index >= 15 is 0 Å². The van der Waals surface area contributed by atoms with Gasteiger partial charge >= 0.3 is 0 Å². The highest BCUT2D eigenvalue weighted by Gasteiger charge is 2.34. The largest absolute Gasteiger partial charge is 0.325 e. The fourth-order valence-electron chi connectivity index (χ4n) is 2.68. The van der Waals surface area contributed by atoms with Crippen LogP contribution in [0.15, 0.2) is 41.0 Å². The van der Waals surface area contributed by atoms with Crippen LogP contribution in [0.5, 0.6) is 0 Å². The van der Waals surface area contributed by atoms with Gasteiger partial charge in [0.25, 0.3) is 0 Å². The molecule has 1 aliphatic heterocycles. The summed E-state index contributed by atoms with van der Waals surface area (Å²) in [5.41, 5.74) is 2.69. The van der Waals surface area contributed by atoms with Gasteiger partial charge in [-0.15, -0.1) is 0 Å². The Balaban J connectivity index is 2.00. The minimum atomic E-state index is -0.528. The molecule has 22 heavy (non-hydrogen) atoms. The molecule has 1 amide bonds. The Morgan fingerprint density at radius 3 is 2.95 bits per heavy atom. The lowest BCUT2D eigenvalue weighted by Crippen LogP contribution is -2.15. The Bertz CT molecular complexity index is 931. The number of aromatic nitrogens is 3. The summed E-state index contributed by atoms with van der Waals surface area (Å²) >= 11 is 9.44. The molecular formula is C15H8BrClN4O. The fourth-order valence-corrected chi connectivity index (χ4v) is 3.23. The molecule has 3 heterocycles. The van der Waals surface area contributed by atoms with E-state index in [9.17, 15) is 4.79 Å². The zero-order chi connectivity index (χ0) is 15.3. The van der Waals surface area contributed by atoms with Crippen LogP contribution in [-0.2, 0) is 4.79 Å². The van der Waals surface area contributed by atoms with E-state index in [4.69, 9.17) is 11.6 Å². The standard InChI is InChI=1S/C15H8BrClN4O/c16-7-3-4-10-9(6-7)11(14(22)19-10)12-8-2-1-5-18-13(8)21-15(17)20-12/h1-6,11H,(H,19,22). The summed E-state index contributed by atoms with van der Waals surface area (Å²) in [6.45, 7) is 0. The van der Waals surface area contributed by atoms with Crippen LogP contribution >= 0.6 is 27.5 Å². The van der Waals surface area contributed by atoms with E-state index in [1.54, 1.807) is 12.3 Å². The van der Waals surface area contributed by atoms with Crippen LogP contribution in [0.2, 0.25) is 5.28 Å². The van der Waals surface area contributed by atoms with Crippen molar-refractivity contribution in [3.63, 3.8) is 0 Å². The third-order valence-corrected chi connectivity index (χ3v) is 4.25. The van der Waals surface area contributed by atoms with Gasteiger partial charge in [-0.3, -0.25) is 4.79 Å². The van der Waals surface area contributed by atoms with E-state index in [-0.39, 0.29) is 11.2 Å². The maximum absolute atomic E-state index is 12.4. The Morgan fingerprint density at radius 1 is 1.23 bits per heavy atom. The highest BCUT2D eigenvalue weighted by atomic mass is 79.9. The molecule has 0 radical (unpaired) electrons.